The van der Waals surface area contributed by atoms with Crippen LogP contribution in [0.2, 0.25) is 0 Å². The van der Waals surface area contributed by atoms with Crippen molar-refractivity contribution in [3.63, 3.8) is 0 Å². The van der Waals surface area contributed by atoms with Gasteiger partial charge in [0.1, 0.15) is 5.67 Å². The molecule has 0 aromatic rings. The molecule has 0 nitrogen and oxygen atoms in total. The summed E-state index contributed by atoms with van der Waals surface area (Å²) in [6.45, 7) is 13.8. The van der Waals surface area contributed by atoms with E-state index in [0.717, 1.165) is 0 Å². The molecule has 0 aliphatic heterocycles. The monoisotopic (exact) mass is 176 g/mol. The molecular formula is C11H25F. The highest BCUT2D eigenvalue weighted by Crippen LogP contribution is 2.31. The van der Waals surface area contributed by atoms with Crippen LogP contribution in [-0.4, -0.2) is 5.67 Å². The highest BCUT2D eigenvalue weighted by atomic mass is 19.1. The molecule has 76 valence electrons. The molecule has 0 aromatic carbocycles. The highest BCUT2D eigenvalue weighted by molar-refractivity contribution is 4.78. The Hall–Kier alpha value is -0.0700. The van der Waals surface area contributed by atoms with Gasteiger partial charge in [0.15, 0.2) is 0 Å². The molecule has 0 N–H and O–H groups in total. The molecule has 1 unspecified atom stereocenters. The van der Waals surface area contributed by atoms with E-state index in [1.807, 2.05) is 20.8 Å². The number of halogens is 1. The summed E-state index contributed by atoms with van der Waals surface area (Å²) in [4.78, 5) is 0. The van der Waals surface area contributed by atoms with Gasteiger partial charge in [0.25, 0.3) is 0 Å². The van der Waals surface area contributed by atoms with Crippen molar-refractivity contribution >= 4 is 0 Å². The third-order valence-electron chi connectivity index (χ3n) is 1.64. The van der Waals surface area contributed by atoms with Crippen LogP contribution in [0, 0.1) is 5.41 Å². The Balaban J connectivity index is 0. The zero-order valence-electron chi connectivity index (χ0n) is 9.79. The smallest absolute Gasteiger partial charge is 0.108 e. The van der Waals surface area contributed by atoms with E-state index < -0.39 is 5.67 Å². The van der Waals surface area contributed by atoms with E-state index in [-0.39, 0.29) is 5.41 Å². The molecule has 1 heteroatoms. The van der Waals surface area contributed by atoms with Crippen LogP contribution in [0.5, 0.6) is 0 Å². The van der Waals surface area contributed by atoms with Crippen LogP contribution in [0.3, 0.4) is 0 Å². The summed E-state index contributed by atoms with van der Waals surface area (Å²) in [5.74, 6) is 0. The third-order valence-corrected chi connectivity index (χ3v) is 1.64. The van der Waals surface area contributed by atoms with E-state index in [1.54, 1.807) is 6.92 Å². The fraction of sp³-hybridized carbons (Fsp3) is 1.00. The molecule has 0 aromatic heterocycles. The number of hydrogen-bond donors (Lipinski definition) is 0. The Bertz CT molecular complexity index is 98.1. The average Bonchev–Trinajstić information content (AvgIpc) is 1.88. The van der Waals surface area contributed by atoms with Crippen molar-refractivity contribution in [2.24, 2.45) is 5.41 Å². The van der Waals surface area contributed by atoms with E-state index in [2.05, 4.69) is 20.8 Å². The van der Waals surface area contributed by atoms with Crippen molar-refractivity contribution < 1.29 is 4.39 Å². The zero-order chi connectivity index (χ0) is 10.4. The molecule has 0 heterocycles. The maximum atomic E-state index is 13.3. The molecule has 0 radical (unpaired) electrons. The summed E-state index contributed by atoms with van der Waals surface area (Å²) in [5.41, 5.74) is -0.863. The minimum absolute atomic E-state index is 0.111. The first-order valence-corrected chi connectivity index (χ1v) is 4.96. The van der Waals surface area contributed by atoms with Crippen molar-refractivity contribution in [3.05, 3.63) is 0 Å². The van der Waals surface area contributed by atoms with E-state index in [0.29, 0.717) is 12.8 Å². The predicted molar refractivity (Wildman–Crippen MR) is 55.2 cm³/mol. The Labute approximate surface area is 77.6 Å². The molecule has 0 fully saturated rings. The summed E-state index contributed by atoms with van der Waals surface area (Å²) in [6.07, 6.45) is 1.26. The minimum atomic E-state index is -0.974. The van der Waals surface area contributed by atoms with Gasteiger partial charge in [0.05, 0.1) is 0 Å². The van der Waals surface area contributed by atoms with Crippen LogP contribution >= 0.6 is 0 Å². The number of rotatable bonds is 2. The molecule has 0 amide bonds. The van der Waals surface area contributed by atoms with Gasteiger partial charge >= 0.3 is 0 Å². The van der Waals surface area contributed by atoms with Gasteiger partial charge in [-0.25, -0.2) is 4.39 Å². The van der Waals surface area contributed by atoms with Gasteiger partial charge in [0.2, 0.25) is 0 Å². The fourth-order valence-electron chi connectivity index (χ4n) is 1.23. The van der Waals surface area contributed by atoms with Gasteiger partial charge in [-0.15, -0.1) is 0 Å². The first kappa shape index (κ1) is 14.5. The Morgan fingerprint density at radius 3 is 1.42 bits per heavy atom. The minimum Gasteiger partial charge on any atom is -0.244 e. The van der Waals surface area contributed by atoms with Gasteiger partial charge < -0.3 is 0 Å². The molecule has 0 rings (SSSR count). The second kappa shape index (κ2) is 5.55. The second-order valence-electron chi connectivity index (χ2n) is 4.50. The topological polar surface area (TPSA) is 0 Å². The van der Waals surface area contributed by atoms with E-state index >= 15 is 0 Å². The van der Waals surface area contributed by atoms with E-state index in [4.69, 9.17) is 0 Å². The first-order chi connectivity index (χ1) is 5.27. The highest BCUT2D eigenvalue weighted by Gasteiger charge is 2.27. The van der Waals surface area contributed by atoms with Gasteiger partial charge in [0, 0.05) is 0 Å². The lowest BCUT2D eigenvalue weighted by Gasteiger charge is -2.27. The normalized spacial score (nSPS) is 16.0. The Kier molecular flexibility index (Phi) is 6.69. The summed E-state index contributed by atoms with van der Waals surface area (Å²) < 4.78 is 13.3. The van der Waals surface area contributed by atoms with Crippen molar-refractivity contribution in [3.8, 4) is 0 Å². The van der Waals surface area contributed by atoms with E-state index in [1.165, 1.54) is 0 Å². The van der Waals surface area contributed by atoms with E-state index in [9.17, 15) is 4.39 Å². The summed E-state index contributed by atoms with van der Waals surface area (Å²) in [6, 6.07) is 0. The molecule has 0 aliphatic carbocycles. The van der Waals surface area contributed by atoms with Crippen molar-refractivity contribution in [1.82, 2.24) is 0 Å². The zero-order valence-corrected chi connectivity index (χ0v) is 9.79. The SMILES string of the molecule is CC.CCC(C)(F)CC(C)(C)C. The van der Waals surface area contributed by atoms with Crippen LogP contribution in [-0.2, 0) is 0 Å². The lowest BCUT2D eigenvalue weighted by Crippen LogP contribution is -2.24. The van der Waals surface area contributed by atoms with Crippen LogP contribution < -0.4 is 0 Å². The molecule has 12 heavy (non-hydrogen) atoms. The molecule has 0 bridgehead atoms. The van der Waals surface area contributed by atoms with Crippen molar-refractivity contribution in [1.29, 1.82) is 0 Å². The summed E-state index contributed by atoms with van der Waals surface area (Å²) in [5, 5.41) is 0. The average molecular weight is 176 g/mol. The second-order valence-corrected chi connectivity index (χ2v) is 4.50. The number of hydrogen-bond acceptors (Lipinski definition) is 0. The largest absolute Gasteiger partial charge is 0.244 e. The lowest BCUT2D eigenvalue weighted by molar-refractivity contribution is 0.114. The van der Waals surface area contributed by atoms with Gasteiger partial charge in [-0.05, 0) is 25.2 Å². The van der Waals surface area contributed by atoms with Crippen LogP contribution in [0.25, 0.3) is 0 Å². The molecule has 0 saturated heterocycles. The number of alkyl halides is 1. The fourth-order valence-corrected chi connectivity index (χ4v) is 1.23. The van der Waals surface area contributed by atoms with Crippen molar-refractivity contribution in [2.45, 2.75) is 67.0 Å². The van der Waals surface area contributed by atoms with Gasteiger partial charge in [-0.2, -0.15) is 0 Å². The van der Waals surface area contributed by atoms with Crippen molar-refractivity contribution in [2.75, 3.05) is 0 Å². The molecular weight excluding hydrogens is 151 g/mol. The quantitative estimate of drug-likeness (QED) is 0.577. The molecule has 0 aliphatic rings. The molecule has 0 spiro atoms. The Morgan fingerprint density at radius 1 is 1.00 bits per heavy atom. The van der Waals surface area contributed by atoms with Gasteiger partial charge in [-0.1, -0.05) is 41.5 Å². The standard InChI is InChI=1S/C9H19F.C2H6/c1-6-9(5,10)7-8(2,3)4;1-2/h6-7H2,1-5H3;1-2H3. The summed E-state index contributed by atoms with van der Waals surface area (Å²) >= 11 is 0. The lowest BCUT2D eigenvalue weighted by atomic mass is 9.83. The maximum Gasteiger partial charge on any atom is 0.108 e. The maximum absolute atomic E-state index is 13.3. The van der Waals surface area contributed by atoms with Crippen LogP contribution in [0.1, 0.15) is 61.3 Å². The van der Waals surface area contributed by atoms with Crippen LogP contribution in [0.4, 0.5) is 4.39 Å². The Morgan fingerprint density at radius 2 is 1.33 bits per heavy atom. The third kappa shape index (κ3) is 9.93. The summed E-state index contributed by atoms with van der Waals surface area (Å²) in [7, 11) is 0. The first-order valence-electron chi connectivity index (χ1n) is 4.96. The van der Waals surface area contributed by atoms with Gasteiger partial charge in [-0.3, -0.25) is 0 Å². The van der Waals surface area contributed by atoms with Crippen LogP contribution in [0.15, 0.2) is 0 Å². The molecule has 0 saturated carbocycles. The predicted octanol–water partition coefficient (Wildman–Crippen LogP) is 4.59. The molecule has 1 atom stereocenters.